The van der Waals surface area contributed by atoms with Gasteiger partial charge in [-0.15, -0.1) is 0 Å². The van der Waals surface area contributed by atoms with E-state index in [0.717, 1.165) is 12.1 Å². The summed E-state index contributed by atoms with van der Waals surface area (Å²) in [7, 11) is 0. The van der Waals surface area contributed by atoms with E-state index in [1.165, 1.54) is 12.1 Å². The molecule has 0 amide bonds. The topological polar surface area (TPSA) is 38.7 Å². The first kappa shape index (κ1) is 17.5. The average molecular weight is 302 g/mol. The van der Waals surface area contributed by atoms with Crippen molar-refractivity contribution in [3.05, 3.63) is 35.4 Å². The van der Waals surface area contributed by atoms with E-state index in [1.807, 2.05) is 0 Å². The van der Waals surface area contributed by atoms with Gasteiger partial charge in [0.2, 0.25) is 6.29 Å². The number of halogens is 3. The minimum absolute atomic E-state index is 0.280. The Hall–Kier alpha value is -1.55. The molecular weight excluding hydrogens is 285 g/mol. The summed E-state index contributed by atoms with van der Waals surface area (Å²) in [5.74, 6) is 5.10. The van der Waals surface area contributed by atoms with Crippen LogP contribution in [0.15, 0.2) is 24.3 Å². The van der Waals surface area contributed by atoms with Crippen LogP contribution < -0.4 is 0 Å². The third-order valence-electron chi connectivity index (χ3n) is 2.53. The molecule has 3 nitrogen and oxygen atoms in total. The van der Waals surface area contributed by atoms with Crippen molar-refractivity contribution in [3.8, 4) is 11.8 Å². The molecule has 0 aliphatic heterocycles. The van der Waals surface area contributed by atoms with E-state index in [1.54, 1.807) is 13.8 Å². The Morgan fingerprint density at radius 2 is 1.57 bits per heavy atom. The third-order valence-corrected chi connectivity index (χ3v) is 2.53. The molecule has 0 heterocycles. The molecule has 0 fully saturated rings. The number of aliphatic hydroxyl groups excluding tert-OH is 1. The molecule has 0 aromatic heterocycles. The van der Waals surface area contributed by atoms with Gasteiger partial charge in [0.15, 0.2) is 0 Å². The molecule has 1 rings (SSSR count). The maximum absolute atomic E-state index is 12.4. The predicted octanol–water partition coefficient (Wildman–Crippen LogP) is 3.14. The van der Waals surface area contributed by atoms with Gasteiger partial charge in [-0.3, -0.25) is 0 Å². The zero-order chi connectivity index (χ0) is 15.9. The molecule has 0 saturated carbocycles. The highest BCUT2D eigenvalue weighted by Gasteiger charge is 2.30. The zero-order valence-corrected chi connectivity index (χ0v) is 11.8. The van der Waals surface area contributed by atoms with E-state index >= 15 is 0 Å². The number of hydrogen-bond acceptors (Lipinski definition) is 3. The fraction of sp³-hybridized carbons (Fsp3) is 0.467. The number of hydrogen-bond donors (Lipinski definition) is 1. The van der Waals surface area contributed by atoms with Gasteiger partial charge in [0.05, 0.1) is 5.56 Å². The quantitative estimate of drug-likeness (QED) is 0.671. The molecule has 116 valence electrons. The third kappa shape index (κ3) is 5.76. The van der Waals surface area contributed by atoms with E-state index in [9.17, 15) is 18.3 Å². The van der Waals surface area contributed by atoms with Gasteiger partial charge >= 0.3 is 6.18 Å². The Kier molecular flexibility index (Phi) is 6.69. The van der Waals surface area contributed by atoms with E-state index in [2.05, 4.69) is 11.8 Å². The number of aliphatic hydroxyl groups is 1. The molecule has 0 aliphatic carbocycles. The summed E-state index contributed by atoms with van der Waals surface area (Å²) in [6.45, 7) is 4.35. The van der Waals surface area contributed by atoms with Gasteiger partial charge in [-0.1, -0.05) is 18.1 Å². The van der Waals surface area contributed by atoms with Crippen molar-refractivity contribution >= 4 is 0 Å². The number of ether oxygens (including phenoxy) is 2. The van der Waals surface area contributed by atoms with Crippen molar-refractivity contribution in [2.45, 2.75) is 32.4 Å². The number of rotatable bonds is 5. The second-order valence-corrected chi connectivity index (χ2v) is 4.05. The van der Waals surface area contributed by atoms with Crippen LogP contribution in [-0.4, -0.2) is 24.6 Å². The standard InChI is InChI=1S/C15H17F3O3/c1-3-20-14(21-4-2)10-9-13(19)11-5-7-12(8-6-11)15(16,17)18/h5-8,13-14,19H,3-4H2,1-2H3. The van der Waals surface area contributed by atoms with Crippen LogP contribution in [0, 0.1) is 11.8 Å². The largest absolute Gasteiger partial charge is 0.416 e. The van der Waals surface area contributed by atoms with Gasteiger partial charge in [0, 0.05) is 13.2 Å². The first-order valence-corrected chi connectivity index (χ1v) is 6.48. The number of alkyl halides is 3. The molecule has 0 bridgehead atoms. The van der Waals surface area contributed by atoms with E-state index in [0.29, 0.717) is 13.2 Å². The average Bonchev–Trinajstić information content (AvgIpc) is 2.44. The highest BCUT2D eigenvalue weighted by Crippen LogP contribution is 2.29. The monoisotopic (exact) mass is 302 g/mol. The molecule has 1 unspecified atom stereocenters. The summed E-state index contributed by atoms with van der Waals surface area (Å²) >= 11 is 0. The van der Waals surface area contributed by atoms with Gasteiger partial charge in [0.1, 0.15) is 6.10 Å². The Morgan fingerprint density at radius 3 is 2.00 bits per heavy atom. The molecular formula is C15H17F3O3. The normalized spacial score (nSPS) is 12.9. The molecule has 0 spiro atoms. The second-order valence-electron chi connectivity index (χ2n) is 4.05. The summed E-state index contributed by atoms with van der Waals surface area (Å²) < 4.78 is 47.6. The van der Waals surface area contributed by atoms with Crippen LogP contribution in [0.2, 0.25) is 0 Å². The van der Waals surface area contributed by atoms with Crippen molar-refractivity contribution in [2.75, 3.05) is 13.2 Å². The molecule has 21 heavy (non-hydrogen) atoms. The van der Waals surface area contributed by atoms with E-state index < -0.39 is 24.1 Å². The van der Waals surface area contributed by atoms with Crippen molar-refractivity contribution in [1.82, 2.24) is 0 Å². The van der Waals surface area contributed by atoms with Gasteiger partial charge in [-0.05, 0) is 37.5 Å². The fourth-order valence-electron chi connectivity index (χ4n) is 1.52. The Morgan fingerprint density at radius 1 is 1.05 bits per heavy atom. The summed E-state index contributed by atoms with van der Waals surface area (Å²) in [5, 5.41) is 9.83. The fourth-order valence-corrected chi connectivity index (χ4v) is 1.52. The first-order chi connectivity index (χ1) is 9.88. The lowest BCUT2D eigenvalue weighted by Crippen LogP contribution is -2.15. The maximum Gasteiger partial charge on any atom is 0.416 e. The summed E-state index contributed by atoms with van der Waals surface area (Å²) in [6, 6.07) is 4.20. The molecule has 1 aromatic carbocycles. The molecule has 0 saturated heterocycles. The van der Waals surface area contributed by atoms with Crippen LogP contribution in [0.5, 0.6) is 0 Å². The van der Waals surface area contributed by atoms with Crippen LogP contribution in [-0.2, 0) is 15.7 Å². The minimum atomic E-state index is -4.40. The van der Waals surface area contributed by atoms with Gasteiger partial charge in [-0.25, -0.2) is 0 Å². The predicted molar refractivity (Wildman–Crippen MR) is 71.2 cm³/mol. The molecule has 6 heteroatoms. The lowest BCUT2D eigenvalue weighted by Gasteiger charge is -2.11. The van der Waals surface area contributed by atoms with E-state index in [-0.39, 0.29) is 5.56 Å². The lowest BCUT2D eigenvalue weighted by atomic mass is 10.1. The molecule has 1 N–H and O–H groups in total. The van der Waals surface area contributed by atoms with Crippen molar-refractivity contribution in [1.29, 1.82) is 0 Å². The zero-order valence-electron chi connectivity index (χ0n) is 11.8. The molecule has 0 aliphatic rings. The SMILES string of the molecule is CCOC(C#CC(O)c1ccc(C(F)(F)F)cc1)OCC. The maximum atomic E-state index is 12.4. The summed E-state index contributed by atoms with van der Waals surface area (Å²) in [6.07, 6.45) is -6.36. The molecule has 1 aromatic rings. The van der Waals surface area contributed by atoms with Crippen molar-refractivity contribution in [2.24, 2.45) is 0 Å². The summed E-state index contributed by atoms with van der Waals surface area (Å²) in [5.41, 5.74) is -0.491. The minimum Gasteiger partial charge on any atom is -0.376 e. The van der Waals surface area contributed by atoms with Crippen LogP contribution in [0.1, 0.15) is 31.1 Å². The highest BCUT2D eigenvalue weighted by molar-refractivity contribution is 5.30. The lowest BCUT2D eigenvalue weighted by molar-refractivity contribution is -0.137. The van der Waals surface area contributed by atoms with Gasteiger partial charge in [0.25, 0.3) is 0 Å². The summed E-state index contributed by atoms with van der Waals surface area (Å²) in [4.78, 5) is 0. The van der Waals surface area contributed by atoms with Crippen LogP contribution in [0.4, 0.5) is 13.2 Å². The second kappa shape index (κ2) is 8.03. The Labute approximate surface area is 121 Å². The van der Waals surface area contributed by atoms with Gasteiger partial charge < -0.3 is 14.6 Å². The van der Waals surface area contributed by atoms with Crippen LogP contribution in [0.25, 0.3) is 0 Å². The number of benzene rings is 1. The van der Waals surface area contributed by atoms with E-state index in [4.69, 9.17) is 9.47 Å². The van der Waals surface area contributed by atoms with Gasteiger partial charge in [-0.2, -0.15) is 13.2 Å². The molecule has 1 atom stereocenters. The van der Waals surface area contributed by atoms with Crippen LogP contribution >= 0.6 is 0 Å². The Bertz CT molecular complexity index is 480. The molecule has 0 radical (unpaired) electrons. The van der Waals surface area contributed by atoms with Crippen molar-refractivity contribution < 1.29 is 27.8 Å². The Balaban J connectivity index is 2.77. The van der Waals surface area contributed by atoms with Crippen LogP contribution in [0.3, 0.4) is 0 Å². The first-order valence-electron chi connectivity index (χ1n) is 6.48. The highest BCUT2D eigenvalue weighted by atomic mass is 19.4. The smallest absolute Gasteiger partial charge is 0.376 e. The van der Waals surface area contributed by atoms with Crippen molar-refractivity contribution in [3.63, 3.8) is 0 Å².